The summed E-state index contributed by atoms with van der Waals surface area (Å²) in [5.41, 5.74) is -0.836. The molecular weight excluding hydrogens is 261 g/mol. The largest absolute Gasteiger partial charge is 0.415 e. The molecule has 1 aliphatic rings. The van der Waals surface area contributed by atoms with E-state index in [-0.39, 0.29) is 6.54 Å². The molecule has 1 aliphatic heterocycles. The average Bonchev–Trinajstić information content (AvgIpc) is 2.60. The monoisotopic (exact) mass is 278 g/mol. The number of nitrogens with zero attached hydrogens (tertiary/aromatic N) is 4. The molecule has 0 bridgehead atoms. The van der Waals surface area contributed by atoms with E-state index < -0.39 is 17.9 Å². The van der Waals surface area contributed by atoms with Crippen molar-refractivity contribution in [2.45, 2.75) is 38.3 Å². The Bertz CT molecular complexity index is 443. The second-order valence-electron chi connectivity index (χ2n) is 5.44. The second kappa shape index (κ2) is 4.75. The molecule has 0 aromatic carbocycles. The van der Waals surface area contributed by atoms with Crippen LogP contribution in [0.5, 0.6) is 0 Å². The molecule has 2 heterocycles. The lowest BCUT2D eigenvalue weighted by atomic mass is 10.0. The van der Waals surface area contributed by atoms with Gasteiger partial charge >= 0.3 is 6.18 Å². The highest BCUT2D eigenvalue weighted by atomic mass is 19.4. The summed E-state index contributed by atoms with van der Waals surface area (Å²) in [6, 6.07) is 0. The molecule has 5 nitrogen and oxygen atoms in total. The zero-order valence-electron chi connectivity index (χ0n) is 11.1. The standard InChI is InChI=1S/C11H17F3N4O/c1-10(2)6-18(4-8(19-10)11(12,13)14)5-9-16-15-7-17(9)3/h7-8H,4-6H2,1-3H3/t8-/m0/s1. The van der Waals surface area contributed by atoms with E-state index in [0.29, 0.717) is 18.9 Å². The van der Waals surface area contributed by atoms with Crippen LogP contribution in [0.15, 0.2) is 6.33 Å². The van der Waals surface area contributed by atoms with Crippen molar-refractivity contribution in [1.29, 1.82) is 0 Å². The highest BCUT2D eigenvalue weighted by molar-refractivity contribution is 4.91. The summed E-state index contributed by atoms with van der Waals surface area (Å²) >= 11 is 0. The van der Waals surface area contributed by atoms with Gasteiger partial charge in [-0.25, -0.2) is 0 Å². The highest BCUT2D eigenvalue weighted by Crippen LogP contribution is 2.32. The van der Waals surface area contributed by atoms with Crippen molar-refractivity contribution in [2.24, 2.45) is 7.05 Å². The summed E-state index contributed by atoms with van der Waals surface area (Å²) in [6.07, 6.45) is -4.58. The van der Waals surface area contributed by atoms with E-state index in [9.17, 15) is 13.2 Å². The summed E-state index contributed by atoms with van der Waals surface area (Å²) in [5.74, 6) is 0.638. The number of hydrogen-bond acceptors (Lipinski definition) is 4. The molecular formula is C11H17F3N4O. The molecule has 0 unspecified atom stereocenters. The van der Waals surface area contributed by atoms with Gasteiger partial charge in [-0.05, 0) is 13.8 Å². The lowest BCUT2D eigenvalue weighted by molar-refractivity contribution is -0.273. The quantitative estimate of drug-likeness (QED) is 0.819. The first-order chi connectivity index (χ1) is 8.67. The first kappa shape index (κ1) is 14.3. The van der Waals surface area contributed by atoms with Crippen LogP contribution in [-0.2, 0) is 18.3 Å². The highest BCUT2D eigenvalue weighted by Gasteiger charge is 2.48. The van der Waals surface area contributed by atoms with E-state index in [1.54, 1.807) is 30.4 Å². The minimum Gasteiger partial charge on any atom is -0.360 e. The third-order valence-electron chi connectivity index (χ3n) is 3.02. The van der Waals surface area contributed by atoms with Gasteiger partial charge in [-0.15, -0.1) is 10.2 Å². The lowest BCUT2D eigenvalue weighted by Crippen LogP contribution is -2.56. The first-order valence-electron chi connectivity index (χ1n) is 5.97. The summed E-state index contributed by atoms with van der Waals surface area (Å²) in [6.45, 7) is 3.89. The fourth-order valence-corrected chi connectivity index (χ4v) is 2.24. The van der Waals surface area contributed by atoms with Gasteiger partial charge in [0.2, 0.25) is 0 Å². The number of rotatable bonds is 2. The van der Waals surface area contributed by atoms with Crippen molar-refractivity contribution in [3.8, 4) is 0 Å². The number of hydrogen-bond donors (Lipinski definition) is 0. The zero-order chi connectivity index (χ0) is 14.3. The van der Waals surface area contributed by atoms with Gasteiger partial charge in [-0.1, -0.05) is 0 Å². The molecule has 1 atom stereocenters. The Morgan fingerprint density at radius 3 is 2.68 bits per heavy atom. The van der Waals surface area contributed by atoms with Crippen LogP contribution in [0.4, 0.5) is 13.2 Å². The normalized spacial score (nSPS) is 24.6. The predicted molar refractivity (Wildman–Crippen MR) is 61.3 cm³/mol. The SMILES string of the molecule is Cn1cnnc1CN1C[C@@H](C(F)(F)F)OC(C)(C)C1. The Hall–Kier alpha value is -1.15. The van der Waals surface area contributed by atoms with Crippen molar-refractivity contribution >= 4 is 0 Å². The Balaban J connectivity index is 2.10. The molecule has 108 valence electrons. The molecule has 0 N–H and O–H groups in total. The molecule has 1 aromatic heterocycles. The van der Waals surface area contributed by atoms with Crippen molar-refractivity contribution in [2.75, 3.05) is 13.1 Å². The van der Waals surface area contributed by atoms with Gasteiger partial charge < -0.3 is 9.30 Å². The number of ether oxygens (including phenoxy) is 1. The third-order valence-corrected chi connectivity index (χ3v) is 3.02. The Kier molecular flexibility index (Phi) is 3.57. The van der Waals surface area contributed by atoms with Crippen LogP contribution in [0, 0.1) is 0 Å². The molecule has 8 heteroatoms. The number of aromatic nitrogens is 3. The molecule has 19 heavy (non-hydrogen) atoms. The van der Waals surface area contributed by atoms with E-state index in [4.69, 9.17) is 4.74 Å². The minimum atomic E-state index is -4.35. The maximum absolute atomic E-state index is 12.8. The van der Waals surface area contributed by atoms with Crippen molar-refractivity contribution < 1.29 is 17.9 Å². The van der Waals surface area contributed by atoms with Crippen molar-refractivity contribution in [1.82, 2.24) is 19.7 Å². The minimum absolute atomic E-state index is 0.181. The van der Waals surface area contributed by atoms with Crippen molar-refractivity contribution in [3.05, 3.63) is 12.2 Å². The molecule has 0 amide bonds. The van der Waals surface area contributed by atoms with Crippen LogP contribution in [0.25, 0.3) is 0 Å². The molecule has 0 radical (unpaired) electrons. The number of morpholine rings is 1. The number of aryl methyl sites for hydroxylation is 1. The van der Waals surface area contributed by atoms with Gasteiger partial charge in [-0.2, -0.15) is 13.2 Å². The van der Waals surface area contributed by atoms with Crippen LogP contribution in [-0.4, -0.2) is 50.6 Å². The molecule has 1 saturated heterocycles. The topological polar surface area (TPSA) is 43.2 Å². The molecule has 0 aliphatic carbocycles. The maximum atomic E-state index is 12.8. The summed E-state index contributed by atoms with van der Waals surface area (Å²) in [5, 5.41) is 7.62. The Morgan fingerprint density at radius 2 is 2.16 bits per heavy atom. The van der Waals surface area contributed by atoms with Crippen LogP contribution in [0.1, 0.15) is 19.7 Å². The van der Waals surface area contributed by atoms with E-state index >= 15 is 0 Å². The summed E-state index contributed by atoms with van der Waals surface area (Å²) < 4.78 is 45.3. The lowest BCUT2D eigenvalue weighted by Gasteiger charge is -2.43. The van der Waals surface area contributed by atoms with Crippen LogP contribution in [0.2, 0.25) is 0 Å². The van der Waals surface area contributed by atoms with Gasteiger partial charge in [0.25, 0.3) is 0 Å². The average molecular weight is 278 g/mol. The van der Waals surface area contributed by atoms with Gasteiger partial charge in [0.1, 0.15) is 12.2 Å². The van der Waals surface area contributed by atoms with E-state index in [1.165, 1.54) is 6.33 Å². The third kappa shape index (κ3) is 3.44. The fourth-order valence-electron chi connectivity index (χ4n) is 2.24. The smallest absolute Gasteiger partial charge is 0.360 e. The second-order valence-corrected chi connectivity index (χ2v) is 5.44. The maximum Gasteiger partial charge on any atom is 0.415 e. The van der Waals surface area contributed by atoms with Gasteiger partial charge in [-0.3, -0.25) is 4.90 Å². The molecule has 1 fully saturated rings. The van der Waals surface area contributed by atoms with E-state index in [2.05, 4.69) is 10.2 Å². The first-order valence-corrected chi connectivity index (χ1v) is 5.97. The van der Waals surface area contributed by atoms with Crippen LogP contribution in [0.3, 0.4) is 0 Å². The molecule has 0 saturated carbocycles. The zero-order valence-corrected chi connectivity index (χ0v) is 11.1. The number of halogens is 3. The molecule has 1 aromatic rings. The van der Waals surface area contributed by atoms with Gasteiger partial charge in [0, 0.05) is 20.1 Å². The summed E-state index contributed by atoms with van der Waals surface area (Å²) in [7, 11) is 1.77. The van der Waals surface area contributed by atoms with Gasteiger partial charge in [0.15, 0.2) is 6.10 Å². The fraction of sp³-hybridized carbons (Fsp3) is 0.818. The van der Waals surface area contributed by atoms with Gasteiger partial charge in [0.05, 0.1) is 12.1 Å². The van der Waals surface area contributed by atoms with Crippen molar-refractivity contribution in [3.63, 3.8) is 0 Å². The molecule has 0 spiro atoms. The number of alkyl halides is 3. The summed E-state index contributed by atoms with van der Waals surface area (Å²) in [4.78, 5) is 1.70. The van der Waals surface area contributed by atoms with E-state index in [1.807, 2.05) is 0 Å². The Morgan fingerprint density at radius 1 is 1.47 bits per heavy atom. The molecule has 2 rings (SSSR count). The van der Waals surface area contributed by atoms with Crippen LogP contribution >= 0.6 is 0 Å². The predicted octanol–water partition coefficient (Wildman–Crippen LogP) is 1.36. The van der Waals surface area contributed by atoms with E-state index in [0.717, 1.165) is 0 Å². The van der Waals surface area contributed by atoms with Crippen LogP contribution < -0.4 is 0 Å². The Labute approximate surface area is 109 Å².